The first-order valence-electron chi connectivity index (χ1n) is 22.5. The molecule has 0 saturated carbocycles. The van der Waals surface area contributed by atoms with Gasteiger partial charge in [-0.15, -0.1) is 0 Å². The number of rotatable bonds is 0. The molecule has 0 spiro atoms. The lowest BCUT2D eigenvalue weighted by Gasteiger charge is -2.13. The van der Waals surface area contributed by atoms with E-state index in [1.807, 2.05) is 0 Å². The smallest absolute Gasteiger partial charge is 0.230 e. The van der Waals surface area contributed by atoms with Gasteiger partial charge >= 0.3 is 0 Å². The highest BCUT2D eigenvalue weighted by atomic mass is 16.7. The molecule has 22 aliphatic rings. The maximum atomic E-state index is 5.74. The van der Waals surface area contributed by atoms with E-state index >= 15 is 0 Å². The molecule has 0 atom stereocenters. The number of hydrogen-bond acceptors (Lipinski definition) is 16. The third-order valence-electron chi connectivity index (χ3n) is 10.2. The maximum absolute atomic E-state index is 5.74. The van der Waals surface area contributed by atoms with E-state index in [0.29, 0.717) is 92.0 Å². The van der Waals surface area contributed by atoms with Crippen molar-refractivity contribution in [1.82, 2.24) is 0 Å². The number of hydrogen-bond donors (Lipinski definition) is 0. The summed E-state index contributed by atoms with van der Waals surface area (Å²) in [5, 5.41) is 0. The summed E-state index contributed by atoms with van der Waals surface area (Å²) < 4.78 is 91.9. The molecule has 0 radical (unpaired) electrons. The van der Waals surface area contributed by atoms with Gasteiger partial charge in [0.1, 0.15) is 92.0 Å². The SMILES string of the molecule is c1cc2ccc1OCOc1ccc(cc1)OCOc1ccc(cc1)OCOc1ccc(cc1)OCOc1ccc(cc1)OCOc1ccc(cc1)OCOc1ccc(cc1)OCOc1ccc(cc1)OCO2. The van der Waals surface area contributed by atoms with E-state index in [9.17, 15) is 0 Å². The van der Waals surface area contributed by atoms with Crippen LogP contribution in [0.15, 0.2) is 194 Å². The number of ether oxygens (including phenoxy) is 16. The summed E-state index contributed by atoms with van der Waals surface area (Å²) >= 11 is 0. The van der Waals surface area contributed by atoms with E-state index in [1.54, 1.807) is 194 Å². The van der Waals surface area contributed by atoms with E-state index in [-0.39, 0.29) is 54.3 Å². The van der Waals surface area contributed by atoms with Gasteiger partial charge in [-0.25, -0.2) is 0 Å². The van der Waals surface area contributed by atoms with Crippen molar-refractivity contribution in [2.24, 2.45) is 0 Å². The molecule has 368 valence electrons. The average molecular weight is 977 g/mol. The molecule has 30 rings (SSSR count). The highest BCUT2D eigenvalue weighted by Crippen LogP contribution is 2.26. The molecule has 0 aromatic heterocycles. The summed E-state index contributed by atoms with van der Waals surface area (Å²) in [6.07, 6.45) is 0. The molecule has 0 fully saturated rings. The Labute approximate surface area is 415 Å². The topological polar surface area (TPSA) is 148 Å². The Morgan fingerprint density at radius 3 is 0.222 bits per heavy atom. The minimum atomic E-state index is 0.00330. The van der Waals surface area contributed by atoms with E-state index in [0.717, 1.165) is 0 Å². The van der Waals surface area contributed by atoms with E-state index in [2.05, 4.69) is 0 Å². The zero-order chi connectivity index (χ0) is 48.8. The third-order valence-corrected chi connectivity index (χ3v) is 10.2. The Balaban J connectivity index is 0.740. The Bertz CT molecular complexity index is 2030. The van der Waals surface area contributed by atoms with Crippen molar-refractivity contribution < 1.29 is 75.8 Å². The molecule has 22 heterocycles. The summed E-state index contributed by atoms with van der Waals surface area (Å²) in [5.41, 5.74) is 0. The van der Waals surface area contributed by atoms with E-state index < -0.39 is 0 Å². The molecular formula is C56H48O16. The second-order valence-electron chi connectivity index (χ2n) is 15.0. The molecule has 0 unspecified atom stereocenters. The lowest BCUT2D eigenvalue weighted by atomic mass is 10.3. The fourth-order valence-electron chi connectivity index (χ4n) is 6.38. The molecule has 72 heavy (non-hydrogen) atoms. The standard InChI is InChI=1S/C56H48O16/c1-2-42-4-3-41(1)57-33-59-43-5-7-45(8-6-43)61-35-63-47-13-15-49(16-14-47)65-37-67-51-21-23-53(24-22-51)69-39-71-55-29-31-56(32-30-55)72-40-70-54-27-25-52(26-28-54)68-38-66-50-19-17-48(18-20-50)64-36-62-46-11-9-44(10-12-46)60-34-58-42/h1-32H,33-40H2. The summed E-state index contributed by atoms with van der Waals surface area (Å²) in [7, 11) is 0. The third kappa shape index (κ3) is 15.3. The first-order chi connectivity index (χ1) is 35.6. The molecule has 0 saturated heterocycles. The van der Waals surface area contributed by atoms with E-state index in [4.69, 9.17) is 75.8 Å². The summed E-state index contributed by atoms with van der Waals surface area (Å²) in [5.74, 6) is 9.75. The monoisotopic (exact) mass is 976 g/mol. The summed E-state index contributed by atoms with van der Waals surface area (Å²) in [4.78, 5) is 0. The van der Waals surface area contributed by atoms with Gasteiger partial charge in [-0.2, -0.15) is 0 Å². The Morgan fingerprint density at radius 2 is 0.167 bits per heavy atom. The van der Waals surface area contributed by atoms with Gasteiger partial charge in [0.15, 0.2) is 0 Å². The largest absolute Gasteiger partial charge is 0.457 e. The normalized spacial score (nSPS) is 13.8. The second-order valence-corrected chi connectivity index (χ2v) is 15.0. The van der Waals surface area contributed by atoms with Gasteiger partial charge in [-0.1, -0.05) is 0 Å². The van der Waals surface area contributed by atoms with E-state index in [1.165, 1.54) is 0 Å². The summed E-state index contributed by atoms with van der Waals surface area (Å²) in [6.45, 7) is 0.0264. The predicted molar refractivity (Wildman–Crippen MR) is 261 cm³/mol. The van der Waals surface area contributed by atoms with Crippen molar-refractivity contribution in [3.8, 4) is 92.0 Å². The zero-order valence-corrected chi connectivity index (χ0v) is 38.7. The van der Waals surface area contributed by atoms with Crippen molar-refractivity contribution in [3.63, 3.8) is 0 Å². The molecule has 8 aromatic rings. The molecule has 16 bridgehead atoms. The van der Waals surface area contributed by atoms with Gasteiger partial charge in [0.2, 0.25) is 54.3 Å². The molecule has 16 nitrogen and oxygen atoms in total. The van der Waals surface area contributed by atoms with Crippen molar-refractivity contribution in [3.05, 3.63) is 194 Å². The Hall–Kier alpha value is -9.44. The van der Waals surface area contributed by atoms with Gasteiger partial charge < -0.3 is 75.8 Å². The lowest BCUT2D eigenvalue weighted by molar-refractivity contribution is 0.112. The van der Waals surface area contributed by atoms with Gasteiger partial charge in [-0.3, -0.25) is 0 Å². The first-order valence-corrected chi connectivity index (χ1v) is 22.5. The van der Waals surface area contributed by atoms with Gasteiger partial charge in [0.05, 0.1) is 0 Å². The Kier molecular flexibility index (Phi) is 16.7. The highest BCUT2D eigenvalue weighted by Gasteiger charge is 2.06. The van der Waals surface area contributed by atoms with Crippen LogP contribution in [-0.2, 0) is 0 Å². The van der Waals surface area contributed by atoms with Gasteiger partial charge in [0.25, 0.3) is 0 Å². The molecule has 0 amide bonds. The maximum Gasteiger partial charge on any atom is 0.230 e. The quantitative estimate of drug-likeness (QED) is 0.142. The molecule has 22 aliphatic heterocycles. The van der Waals surface area contributed by atoms with Gasteiger partial charge in [-0.05, 0) is 194 Å². The molecule has 16 heteroatoms. The van der Waals surface area contributed by atoms with Crippen LogP contribution in [-0.4, -0.2) is 54.3 Å². The van der Waals surface area contributed by atoms with Crippen LogP contribution >= 0.6 is 0 Å². The molecule has 0 N–H and O–H groups in total. The van der Waals surface area contributed by atoms with Crippen LogP contribution in [0, 0.1) is 0 Å². The predicted octanol–water partition coefficient (Wildman–Crippen LogP) is 11.3. The van der Waals surface area contributed by atoms with Crippen LogP contribution in [0.5, 0.6) is 92.0 Å². The lowest BCUT2D eigenvalue weighted by Crippen LogP contribution is -2.08. The van der Waals surface area contributed by atoms with Crippen LogP contribution in [0.1, 0.15) is 0 Å². The molecule has 0 aliphatic carbocycles. The minimum absolute atomic E-state index is 0.00330. The van der Waals surface area contributed by atoms with Crippen molar-refractivity contribution >= 4 is 0 Å². The van der Waals surface area contributed by atoms with Crippen LogP contribution < -0.4 is 75.8 Å². The highest BCUT2D eigenvalue weighted by molar-refractivity contribution is 5.37. The van der Waals surface area contributed by atoms with Crippen molar-refractivity contribution in [1.29, 1.82) is 0 Å². The van der Waals surface area contributed by atoms with Crippen LogP contribution in [0.3, 0.4) is 0 Å². The average Bonchev–Trinajstić information content (AvgIpc) is 3.42. The summed E-state index contributed by atoms with van der Waals surface area (Å²) in [6, 6.07) is 57.0. The Morgan fingerprint density at radius 1 is 0.111 bits per heavy atom. The molecular weight excluding hydrogens is 929 g/mol. The van der Waals surface area contributed by atoms with Crippen LogP contribution in [0.2, 0.25) is 0 Å². The second kappa shape index (κ2) is 25.2. The zero-order valence-electron chi connectivity index (χ0n) is 38.7. The fourth-order valence-corrected chi connectivity index (χ4v) is 6.38. The van der Waals surface area contributed by atoms with Gasteiger partial charge in [0, 0.05) is 0 Å². The van der Waals surface area contributed by atoms with Crippen LogP contribution in [0.4, 0.5) is 0 Å². The molecule has 8 aromatic carbocycles. The number of benzene rings is 8. The minimum Gasteiger partial charge on any atom is -0.457 e. The van der Waals surface area contributed by atoms with Crippen molar-refractivity contribution in [2.45, 2.75) is 0 Å². The first kappa shape index (κ1) is 47.6. The van der Waals surface area contributed by atoms with Crippen molar-refractivity contribution in [2.75, 3.05) is 54.3 Å². The van der Waals surface area contributed by atoms with Crippen LogP contribution in [0.25, 0.3) is 0 Å². The fraction of sp³-hybridized carbons (Fsp3) is 0.143.